The van der Waals surface area contributed by atoms with Crippen LogP contribution in [0.25, 0.3) is 0 Å². The summed E-state index contributed by atoms with van der Waals surface area (Å²) in [5.41, 5.74) is 0.916. The number of rotatable bonds is 5. The Balaban J connectivity index is 1.43. The predicted molar refractivity (Wildman–Crippen MR) is 113 cm³/mol. The van der Waals surface area contributed by atoms with Crippen LogP contribution in [0.2, 0.25) is 0 Å². The molecule has 1 aromatic carbocycles. The SMILES string of the molecule is COc1ccc(CN2CCO[C@@]3(CN(C(=O)C4CC4)C[C@@H]3c3cccnc3)C2=O)cc1. The maximum Gasteiger partial charge on any atom is 0.257 e. The zero-order valence-corrected chi connectivity index (χ0v) is 17.7. The number of carbonyl (C=O) groups is 2. The molecule has 1 saturated carbocycles. The van der Waals surface area contributed by atoms with E-state index in [9.17, 15) is 9.59 Å². The summed E-state index contributed by atoms with van der Waals surface area (Å²) < 4.78 is 11.5. The second kappa shape index (κ2) is 7.96. The lowest BCUT2D eigenvalue weighted by Gasteiger charge is -2.42. The van der Waals surface area contributed by atoms with E-state index in [1.807, 2.05) is 46.2 Å². The third-order valence-electron chi connectivity index (χ3n) is 6.62. The van der Waals surface area contributed by atoms with Gasteiger partial charge >= 0.3 is 0 Å². The van der Waals surface area contributed by atoms with Crippen LogP contribution in [0.3, 0.4) is 0 Å². The van der Waals surface area contributed by atoms with Crippen LogP contribution in [0, 0.1) is 5.92 Å². The first-order valence-corrected chi connectivity index (χ1v) is 10.9. The first-order valence-electron chi connectivity index (χ1n) is 10.9. The smallest absolute Gasteiger partial charge is 0.257 e. The van der Waals surface area contributed by atoms with Gasteiger partial charge in [-0.2, -0.15) is 0 Å². The summed E-state index contributed by atoms with van der Waals surface area (Å²) in [6.45, 7) is 2.28. The molecule has 0 N–H and O–H groups in total. The van der Waals surface area contributed by atoms with Gasteiger partial charge in [0.05, 0.1) is 20.3 Å². The number of carbonyl (C=O) groups excluding carboxylic acids is 2. The third-order valence-corrected chi connectivity index (χ3v) is 6.62. The van der Waals surface area contributed by atoms with E-state index in [2.05, 4.69) is 4.98 Å². The number of likely N-dealkylation sites (tertiary alicyclic amines) is 1. The summed E-state index contributed by atoms with van der Waals surface area (Å²) >= 11 is 0. The Morgan fingerprint density at radius 3 is 2.74 bits per heavy atom. The van der Waals surface area contributed by atoms with Gasteiger partial charge in [-0.05, 0) is 42.2 Å². The molecule has 1 aromatic heterocycles. The van der Waals surface area contributed by atoms with E-state index in [4.69, 9.17) is 9.47 Å². The summed E-state index contributed by atoms with van der Waals surface area (Å²) in [5, 5.41) is 0. The van der Waals surface area contributed by atoms with Gasteiger partial charge in [0.2, 0.25) is 5.91 Å². The largest absolute Gasteiger partial charge is 0.497 e. The van der Waals surface area contributed by atoms with Gasteiger partial charge in [0.15, 0.2) is 5.60 Å². The Hall–Kier alpha value is -2.93. The number of hydrogen-bond donors (Lipinski definition) is 0. The highest BCUT2D eigenvalue weighted by Crippen LogP contribution is 2.44. The summed E-state index contributed by atoms with van der Waals surface area (Å²) in [7, 11) is 1.64. The van der Waals surface area contributed by atoms with Gasteiger partial charge in [0.1, 0.15) is 5.75 Å². The van der Waals surface area contributed by atoms with Gasteiger partial charge < -0.3 is 19.3 Å². The molecule has 7 heteroatoms. The minimum Gasteiger partial charge on any atom is -0.497 e. The molecule has 2 aromatic rings. The molecule has 7 nitrogen and oxygen atoms in total. The number of amides is 2. The highest BCUT2D eigenvalue weighted by molar-refractivity contribution is 5.90. The van der Waals surface area contributed by atoms with Crippen molar-refractivity contribution in [2.24, 2.45) is 5.92 Å². The standard InChI is InChI=1S/C24H27N3O4/c1-30-20-8-4-17(5-9-20)14-26-11-12-31-24(23(26)29)16-27(22(28)18-6-7-18)15-21(24)19-3-2-10-25-13-19/h2-5,8-10,13,18,21H,6-7,11-12,14-16H2,1H3/t21-,24-/m1/s1. The number of aromatic nitrogens is 1. The number of ether oxygens (including phenoxy) is 2. The van der Waals surface area contributed by atoms with Crippen LogP contribution < -0.4 is 4.74 Å². The molecule has 0 unspecified atom stereocenters. The van der Waals surface area contributed by atoms with E-state index < -0.39 is 5.60 Å². The molecular weight excluding hydrogens is 394 g/mol. The lowest BCUT2D eigenvalue weighted by molar-refractivity contribution is -0.173. The minimum absolute atomic E-state index is 0.0467. The number of methoxy groups -OCH3 is 1. The predicted octanol–water partition coefficient (Wildman–Crippen LogP) is 2.22. The molecule has 0 radical (unpaired) electrons. The highest BCUT2D eigenvalue weighted by atomic mass is 16.5. The normalized spacial score (nSPS) is 25.8. The Bertz CT molecular complexity index is 961. The monoisotopic (exact) mass is 421 g/mol. The lowest BCUT2D eigenvalue weighted by Crippen LogP contribution is -2.60. The number of nitrogens with zero attached hydrogens (tertiary/aromatic N) is 3. The fraction of sp³-hybridized carbons (Fsp3) is 0.458. The topological polar surface area (TPSA) is 72.0 Å². The molecule has 3 heterocycles. The maximum absolute atomic E-state index is 13.8. The quantitative estimate of drug-likeness (QED) is 0.740. The Labute approximate surface area is 182 Å². The molecule has 162 valence electrons. The molecule has 5 rings (SSSR count). The zero-order valence-electron chi connectivity index (χ0n) is 17.7. The number of hydrogen-bond acceptors (Lipinski definition) is 5. The van der Waals surface area contributed by atoms with Crippen LogP contribution in [-0.4, -0.2) is 65.6 Å². The van der Waals surface area contributed by atoms with Crippen LogP contribution in [0.1, 0.15) is 29.9 Å². The Morgan fingerprint density at radius 2 is 2.06 bits per heavy atom. The van der Waals surface area contributed by atoms with Crippen molar-refractivity contribution in [1.29, 1.82) is 0 Å². The van der Waals surface area contributed by atoms with Gasteiger partial charge in [-0.3, -0.25) is 14.6 Å². The molecule has 2 saturated heterocycles. The first kappa shape index (κ1) is 20.0. The van der Waals surface area contributed by atoms with Crippen molar-refractivity contribution in [2.75, 3.05) is 33.4 Å². The van der Waals surface area contributed by atoms with Gasteiger partial charge in [-0.25, -0.2) is 0 Å². The van der Waals surface area contributed by atoms with Gasteiger partial charge in [-0.1, -0.05) is 18.2 Å². The van der Waals surface area contributed by atoms with E-state index in [1.165, 1.54) is 0 Å². The molecule has 1 spiro atoms. The van der Waals surface area contributed by atoms with Gasteiger partial charge in [0, 0.05) is 43.9 Å². The number of morpholine rings is 1. The highest BCUT2D eigenvalue weighted by Gasteiger charge is 2.58. The molecular formula is C24H27N3O4. The van der Waals surface area contributed by atoms with E-state index in [-0.39, 0.29) is 23.7 Å². The molecule has 0 bridgehead atoms. The summed E-state index contributed by atoms with van der Waals surface area (Å²) in [4.78, 5) is 34.7. The second-order valence-corrected chi connectivity index (χ2v) is 8.64. The fourth-order valence-corrected chi connectivity index (χ4v) is 4.77. The average molecular weight is 421 g/mol. The van der Waals surface area contributed by atoms with E-state index in [0.29, 0.717) is 32.8 Å². The van der Waals surface area contributed by atoms with Gasteiger partial charge in [-0.15, -0.1) is 0 Å². The molecule has 3 fully saturated rings. The second-order valence-electron chi connectivity index (χ2n) is 8.64. The van der Waals surface area contributed by atoms with E-state index in [0.717, 1.165) is 29.7 Å². The van der Waals surface area contributed by atoms with Gasteiger partial charge in [0.25, 0.3) is 5.91 Å². The minimum atomic E-state index is -1.06. The van der Waals surface area contributed by atoms with Crippen LogP contribution in [0.4, 0.5) is 0 Å². The molecule has 3 aliphatic rings. The molecule has 1 aliphatic carbocycles. The van der Waals surface area contributed by atoms with E-state index >= 15 is 0 Å². The van der Waals surface area contributed by atoms with Crippen molar-refractivity contribution < 1.29 is 19.1 Å². The summed E-state index contributed by atoms with van der Waals surface area (Å²) in [6.07, 6.45) is 5.39. The van der Waals surface area contributed by atoms with Crippen LogP contribution in [-0.2, 0) is 20.9 Å². The number of benzene rings is 1. The first-order chi connectivity index (χ1) is 15.1. The fourth-order valence-electron chi connectivity index (χ4n) is 4.77. The van der Waals surface area contributed by atoms with E-state index in [1.54, 1.807) is 19.5 Å². The molecule has 2 amide bonds. The Morgan fingerprint density at radius 1 is 1.26 bits per heavy atom. The maximum atomic E-state index is 13.8. The van der Waals surface area contributed by atoms with Crippen LogP contribution in [0.15, 0.2) is 48.8 Å². The zero-order chi connectivity index (χ0) is 21.4. The molecule has 2 aliphatic heterocycles. The van der Waals surface area contributed by atoms with Crippen molar-refractivity contribution >= 4 is 11.8 Å². The molecule has 31 heavy (non-hydrogen) atoms. The lowest BCUT2D eigenvalue weighted by atomic mass is 9.83. The molecule has 2 atom stereocenters. The van der Waals surface area contributed by atoms with Crippen molar-refractivity contribution in [3.8, 4) is 5.75 Å². The van der Waals surface area contributed by atoms with Crippen molar-refractivity contribution in [3.05, 3.63) is 59.9 Å². The van der Waals surface area contributed by atoms with Crippen molar-refractivity contribution in [3.63, 3.8) is 0 Å². The summed E-state index contributed by atoms with van der Waals surface area (Å²) in [5.74, 6) is 0.771. The van der Waals surface area contributed by atoms with Crippen LogP contribution in [0.5, 0.6) is 5.75 Å². The summed E-state index contributed by atoms with van der Waals surface area (Å²) in [6, 6.07) is 11.6. The Kier molecular flexibility index (Phi) is 5.14. The third kappa shape index (κ3) is 3.67. The van der Waals surface area contributed by atoms with Crippen LogP contribution >= 0.6 is 0 Å². The number of pyridine rings is 1. The average Bonchev–Trinajstić information content (AvgIpc) is 3.59. The van der Waals surface area contributed by atoms with Crippen molar-refractivity contribution in [1.82, 2.24) is 14.8 Å². The van der Waals surface area contributed by atoms with Crippen molar-refractivity contribution in [2.45, 2.75) is 30.9 Å².